The van der Waals surface area contributed by atoms with Crippen LogP contribution < -0.4 is 25.3 Å². The molecule has 9 nitrogen and oxygen atoms in total. The first kappa shape index (κ1) is 20.4. The number of benzene rings is 2. The van der Waals surface area contributed by atoms with Crippen molar-refractivity contribution in [3.05, 3.63) is 72.2 Å². The molecule has 2 aromatic carbocycles. The van der Waals surface area contributed by atoms with Crippen molar-refractivity contribution in [2.24, 2.45) is 5.73 Å². The fraction of sp³-hybridized carbons (Fsp3) is 0.0909. The van der Waals surface area contributed by atoms with Gasteiger partial charge in [-0.15, -0.1) is 8.78 Å². The number of alkyl halides is 2. The quantitative estimate of drug-likeness (QED) is 0.454. The molecule has 0 unspecified atom stereocenters. The van der Waals surface area contributed by atoms with Gasteiger partial charge in [0.25, 0.3) is 5.91 Å². The number of anilines is 2. The number of hydrogen-bond acceptors (Lipinski definition) is 8. The summed E-state index contributed by atoms with van der Waals surface area (Å²) in [6.45, 7) is 0.220. The van der Waals surface area contributed by atoms with Crippen molar-refractivity contribution in [2.45, 2.75) is 12.9 Å². The molecule has 2 aromatic heterocycles. The molecule has 1 aliphatic heterocycles. The van der Waals surface area contributed by atoms with Crippen LogP contribution in [0.1, 0.15) is 16.1 Å². The van der Waals surface area contributed by atoms with Crippen LogP contribution in [-0.2, 0) is 6.61 Å². The smallest absolute Gasteiger partial charge is 0.489 e. The summed E-state index contributed by atoms with van der Waals surface area (Å²) >= 11 is 0. The zero-order chi connectivity index (χ0) is 23.0. The number of primary amides is 1. The lowest BCUT2D eigenvalue weighted by atomic mass is 10.2. The second-order valence-electron chi connectivity index (χ2n) is 7.07. The fourth-order valence-electron chi connectivity index (χ4n) is 3.18. The molecule has 0 atom stereocenters. The highest BCUT2D eigenvalue weighted by Gasteiger charge is 2.43. The number of nitrogens with zero attached hydrogens (tertiary/aromatic N) is 3. The van der Waals surface area contributed by atoms with Crippen LogP contribution in [0.3, 0.4) is 0 Å². The van der Waals surface area contributed by atoms with Crippen molar-refractivity contribution in [2.75, 3.05) is 5.32 Å². The Bertz CT molecular complexity index is 1380. The number of pyridine rings is 1. The molecule has 1 amide bonds. The minimum absolute atomic E-state index is 0.0462. The van der Waals surface area contributed by atoms with E-state index in [-0.39, 0.29) is 29.7 Å². The van der Waals surface area contributed by atoms with E-state index < -0.39 is 12.2 Å². The van der Waals surface area contributed by atoms with Crippen LogP contribution in [0.15, 0.2) is 60.9 Å². The van der Waals surface area contributed by atoms with E-state index in [4.69, 9.17) is 10.5 Å². The number of amides is 1. The van der Waals surface area contributed by atoms with E-state index in [0.29, 0.717) is 17.0 Å². The average Bonchev–Trinajstić information content (AvgIpc) is 3.11. The van der Waals surface area contributed by atoms with Crippen LogP contribution in [0.5, 0.6) is 17.2 Å². The van der Waals surface area contributed by atoms with E-state index in [9.17, 15) is 13.6 Å². The first-order valence-corrected chi connectivity index (χ1v) is 9.66. The van der Waals surface area contributed by atoms with Gasteiger partial charge in [0, 0.05) is 29.5 Å². The molecular formula is C22H15F2N5O4. The second-order valence-corrected chi connectivity index (χ2v) is 7.07. The van der Waals surface area contributed by atoms with Crippen molar-refractivity contribution in [1.29, 1.82) is 0 Å². The number of halogens is 2. The first-order chi connectivity index (χ1) is 15.8. The van der Waals surface area contributed by atoms with Gasteiger partial charge in [0.2, 0.25) is 5.95 Å². The lowest BCUT2D eigenvalue weighted by Crippen LogP contribution is -2.25. The van der Waals surface area contributed by atoms with Gasteiger partial charge in [0.05, 0.1) is 5.52 Å². The number of fused-ring (bicyclic) bond motifs is 2. The summed E-state index contributed by atoms with van der Waals surface area (Å²) in [6.07, 6.45) is -0.578. The van der Waals surface area contributed by atoms with Crippen LogP contribution in [0.25, 0.3) is 10.9 Å². The Morgan fingerprint density at radius 2 is 1.91 bits per heavy atom. The van der Waals surface area contributed by atoms with Crippen molar-refractivity contribution in [3.63, 3.8) is 0 Å². The second kappa shape index (κ2) is 7.86. The monoisotopic (exact) mass is 451 g/mol. The van der Waals surface area contributed by atoms with Crippen molar-refractivity contribution < 1.29 is 27.8 Å². The number of nitrogens with one attached hydrogen (secondary N) is 1. The molecule has 1 aliphatic rings. The predicted octanol–water partition coefficient (Wildman–Crippen LogP) is 3.77. The summed E-state index contributed by atoms with van der Waals surface area (Å²) in [6, 6.07) is 12.9. The van der Waals surface area contributed by atoms with Gasteiger partial charge in [-0.1, -0.05) is 0 Å². The molecule has 0 saturated carbocycles. The van der Waals surface area contributed by atoms with Gasteiger partial charge >= 0.3 is 6.29 Å². The van der Waals surface area contributed by atoms with Gasteiger partial charge < -0.3 is 25.3 Å². The third-order valence-corrected chi connectivity index (χ3v) is 4.69. The highest BCUT2D eigenvalue weighted by Crippen LogP contribution is 2.42. The molecule has 33 heavy (non-hydrogen) atoms. The summed E-state index contributed by atoms with van der Waals surface area (Å²) < 4.78 is 41.0. The molecule has 11 heteroatoms. The van der Waals surface area contributed by atoms with Crippen molar-refractivity contribution in [1.82, 2.24) is 15.0 Å². The van der Waals surface area contributed by atoms with Crippen LogP contribution in [0, 0.1) is 0 Å². The molecular weight excluding hydrogens is 436 g/mol. The topological polar surface area (TPSA) is 121 Å². The SMILES string of the molecule is NC(=O)c1cc(COc2ccc3nc(Nc4ccc5c(c4)OC(F)(F)O5)ncc3c2)ccn1. The molecule has 4 aromatic rings. The molecule has 0 fully saturated rings. The van der Waals surface area contributed by atoms with Gasteiger partial charge in [-0.2, -0.15) is 0 Å². The summed E-state index contributed by atoms with van der Waals surface area (Å²) in [7, 11) is 0. The largest absolute Gasteiger partial charge is 0.586 e. The third-order valence-electron chi connectivity index (χ3n) is 4.69. The van der Waals surface area contributed by atoms with Gasteiger partial charge in [-0.05, 0) is 48.0 Å². The Morgan fingerprint density at radius 3 is 2.76 bits per heavy atom. The van der Waals surface area contributed by atoms with E-state index in [1.54, 1.807) is 42.6 Å². The zero-order valence-electron chi connectivity index (χ0n) is 16.8. The van der Waals surface area contributed by atoms with E-state index in [0.717, 1.165) is 10.9 Å². The molecule has 0 spiro atoms. The van der Waals surface area contributed by atoms with Crippen molar-refractivity contribution >= 4 is 28.4 Å². The minimum Gasteiger partial charge on any atom is -0.489 e. The first-order valence-electron chi connectivity index (χ1n) is 9.66. The number of ether oxygens (including phenoxy) is 3. The van der Waals surface area contributed by atoms with Crippen LogP contribution in [0.4, 0.5) is 20.4 Å². The maximum atomic E-state index is 13.2. The Kier molecular flexibility index (Phi) is 4.85. The number of carbonyl (C=O) groups is 1. The van der Waals surface area contributed by atoms with Crippen LogP contribution >= 0.6 is 0 Å². The average molecular weight is 451 g/mol. The fourth-order valence-corrected chi connectivity index (χ4v) is 3.18. The Balaban J connectivity index is 1.29. The minimum atomic E-state index is -3.68. The highest BCUT2D eigenvalue weighted by molar-refractivity contribution is 5.90. The molecule has 3 N–H and O–H groups in total. The number of nitrogens with two attached hydrogens (primary N) is 1. The van der Waals surface area contributed by atoms with Gasteiger partial charge in [-0.3, -0.25) is 9.78 Å². The molecule has 0 radical (unpaired) electrons. The van der Waals surface area contributed by atoms with Crippen molar-refractivity contribution in [3.8, 4) is 17.2 Å². The Morgan fingerprint density at radius 1 is 1.06 bits per heavy atom. The third kappa shape index (κ3) is 4.42. The molecule has 0 aliphatic carbocycles. The van der Waals surface area contributed by atoms with Crippen LogP contribution in [0.2, 0.25) is 0 Å². The molecule has 166 valence electrons. The summed E-state index contributed by atoms with van der Waals surface area (Å²) in [5, 5.41) is 3.68. The summed E-state index contributed by atoms with van der Waals surface area (Å²) in [4.78, 5) is 23.8. The maximum Gasteiger partial charge on any atom is 0.586 e. The summed E-state index contributed by atoms with van der Waals surface area (Å²) in [5.74, 6) is 0.126. The number of rotatable bonds is 6. The number of carbonyl (C=O) groups excluding carboxylic acids is 1. The lowest BCUT2D eigenvalue weighted by Gasteiger charge is -2.09. The normalized spacial score (nSPS) is 13.6. The number of aromatic nitrogens is 3. The zero-order valence-corrected chi connectivity index (χ0v) is 16.8. The van der Waals surface area contributed by atoms with E-state index in [1.807, 2.05) is 0 Å². The van der Waals surface area contributed by atoms with Crippen LogP contribution in [-0.4, -0.2) is 27.2 Å². The van der Waals surface area contributed by atoms with E-state index in [1.165, 1.54) is 18.3 Å². The van der Waals surface area contributed by atoms with Gasteiger partial charge in [0.15, 0.2) is 11.5 Å². The van der Waals surface area contributed by atoms with Gasteiger partial charge in [-0.25, -0.2) is 9.97 Å². The molecule has 0 saturated heterocycles. The molecule has 5 rings (SSSR count). The molecule has 3 heterocycles. The number of hydrogen-bond donors (Lipinski definition) is 2. The maximum absolute atomic E-state index is 13.2. The Labute approximate surface area is 185 Å². The highest BCUT2D eigenvalue weighted by atomic mass is 19.3. The van der Waals surface area contributed by atoms with E-state index >= 15 is 0 Å². The standard InChI is InChI=1S/C22H15F2N5O4/c23-22(24)32-18-4-1-14(9-19(18)33-22)28-21-27-10-13-8-15(2-3-16(13)29-21)31-11-12-5-6-26-17(7-12)20(25)30/h1-10H,11H2,(H2,25,30)(H,27,28,29). The molecule has 0 bridgehead atoms. The Hall–Kier alpha value is -4.54. The van der Waals surface area contributed by atoms with E-state index in [2.05, 4.69) is 29.7 Å². The van der Waals surface area contributed by atoms with Gasteiger partial charge in [0.1, 0.15) is 18.1 Å². The lowest BCUT2D eigenvalue weighted by molar-refractivity contribution is -0.286. The predicted molar refractivity (Wildman–Crippen MR) is 113 cm³/mol. The summed E-state index contributed by atoms with van der Waals surface area (Å²) in [5.41, 5.74) is 7.26.